The Morgan fingerprint density at radius 3 is 2.29 bits per heavy atom. The molecule has 0 aliphatic heterocycles. The molecule has 0 spiro atoms. The Bertz CT molecular complexity index is 1260. The molecule has 0 fully saturated rings. The minimum absolute atomic E-state index is 0.0200. The van der Waals surface area contributed by atoms with E-state index in [0.717, 1.165) is 10.9 Å². The Kier molecular flexibility index (Phi) is 7.40. The molecule has 0 saturated carbocycles. The Labute approximate surface area is 196 Å². The number of carboxylic acids is 1. The van der Waals surface area contributed by atoms with Gasteiger partial charge in [0.25, 0.3) is 5.91 Å². The lowest BCUT2D eigenvalue weighted by molar-refractivity contribution is -0.149. The van der Waals surface area contributed by atoms with E-state index in [1.54, 1.807) is 54.6 Å². The second-order valence-electron chi connectivity index (χ2n) is 7.92. The van der Waals surface area contributed by atoms with Gasteiger partial charge < -0.3 is 21.9 Å². The van der Waals surface area contributed by atoms with E-state index in [9.17, 15) is 19.5 Å². The quantitative estimate of drug-likeness (QED) is 0.149. The molecule has 3 rings (SSSR count). The summed E-state index contributed by atoms with van der Waals surface area (Å²) >= 11 is 0. The zero-order valence-corrected chi connectivity index (χ0v) is 18.7. The van der Waals surface area contributed by atoms with Crippen LogP contribution in [0.3, 0.4) is 0 Å². The molecule has 1 atom stereocenters. The first kappa shape index (κ1) is 24.6. The largest absolute Gasteiger partial charge is 0.480 e. The van der Waals surface area contributed by atoms with Gasteiger partial charge in [-0.3, -0.25) is 20.3 Å². The van der Waals surface area contributed by atoms with Crippen molar-refractivity contribution >= 4 is 34.3 Å². The molecule has 9 heteroatoms. The molecule has 0 aromatic heterocycles. The number of aliphatic carboxylic acids is 1. The molecule has 0 aliphatic carbocycles. The number of fused-ring (bicyclic) bond motifs is 1. The monoisotopic (exact) mass is 461 g/mol. The second-order valence-corrected chi connectivity index (χ2v) is 7.92. The van der Waals surface area contributed by atoms with Crippen LogP contribution in [-0.4, -0.2) is 47.7 Å². The second kappa shape index (κ2) is 10.2. The molecular weight excluding hydrogens is 434 g/mol. The van der Waals surface area contributed by atoms with E-state index in [1.165, 1.54) is 7.05 Å². The number of nitrogen functional groups attached to an aromatic ring is 1. The van der Waals surface area contributed by atoms with E-state index in [0.29, 0.717) is 28.6 Å². The number of hydrogen-bond acceptors (Lipinski definition) is 6. The number of likely N-dealkylation sites (N-methyl/N-ethyl adjacent to an activating group) is 1. The molecule has 0 saturated heterocycles. The van der Waals surface area contributed by atoms with Crippen LogP contribution in [0.2, 0.25) is 0 Å². The first-order valence-corrected chi connectivity index (χ1v) is 10.6. The van der Waals surface area contributed by atoms with E-state index in [-0.39, 0.29) is 18.2 Å². The van der Waals surface area contributed by atoms with Crippen molar-refractivity contribution in [2.45, 2.75) is 18.5 Å². The minimum Gasteiger partial charge on any atom is -0.480 e. The Morgan fingerprint density at radius 1 is 1.03 bits per heavy atom. The first-order chi connectivity index (χ1) is 16.2. The average Bonchev–Trinajstić information content (AvgIpc) is 2.84. The van der Waals surface area contributed by atoms with Crippen LogP contribution in [0.5, 0.6) is 0 Å². The number of Topliss-reactive ketones (excluding diaryl/α,β-unsaturated/α-hetero) is 1. The topological polar surface area (TPSA) is 171 Å². The highest BCUT2D eigenvalue weighted by atomic mass is 16.4. The van der Waals surface area contributed by atoms with Crippen molar-refractivity contribution in [1.29, 1.82) is 5.41 Å². The standard InChI is InChI=1S/C25H27N5O4/c1-29-25(24(33)34,21(31)13-26)12-16-7-10-19-18(11-16)3-2-4-20(19)23(32)30-14-15-5-8-17(9-6-15)22(27)28/h2-11,29H,12-14,26H2,1H3,(H3,27,28)(H,30,32)(H,33,34). The normalized spacial score (nSPS) is 12.6. The molecule has 1 amide bonds. The van der Waals surface area contributed by atoms with Gasteiger partial charge in [0.05, 0.1) is 6.54 Å². The van der Waals surface area contributed by atoms with E-state index in [1.807, 2.05) is 6.07 Å². The lowest BCUT2D eigenvalue weighted by atomic mass is 9.85. The number of carbonyl (C=O) groups is 3. The van der Waals surface area contributed by atoms with Gasteiger partial charge in [-0.1, -0.05) is 54.6 Å². The van der Waals surface area contributed by atoms with Gasteiger partial charge >= 0.3 is 5.97 Å². The third-order valence-corrected chi connectivity index (χ3v) is 5.83. The molecule has 9 nitrogen and oxygen atoms in total. The molecule has 0 radical (unpaired) electrons. The predicted molar refractivity (Wildman–Crippen MR) is 130 cm³/mol. The molecular formula is C25H27N5O4. The molecule has 1 unspecified atom stereocenters. The van der Waals surface area contributed by atoms with Crippen LogP contribution in [0.4, 0.5) is 0 Å². The van der Waals surface area contributed by atoms with E-state index in [4.69, 9.17) is 16.9 Å². The number of amidine groups is 1. The summed E-state index contributed by atoms with van der Waals surface area (Å²) in [6.45, 7) is -0.0987. The molecule has 34 heavy (non-hydrogen) atoms. The van der Waals surface area contributed by atoms with E-state index < -0.39 is 23.8 Å². The molecule has 3 aromatic carbocycles. The predicted octanol–water partition coefficient (Wildman–Crippen LogP) is 1.17. The van der Waals surface area contributed by atoms with E-state index in [2.05, 4.69) is 10.6 Å². The molecule has 3 aromatic rings. The summed E-state index contributed by atoms with van der Waals surface area (Å²) in [6, 6.07) is 17.5. The van der Waals surface area contributed by atoms with Crippen LogP contribution >= 0.6 is 0 Å². The fourth-order valence-electron chi connectivity index (χ4n) is 3.83. The highest BCUT2D eigenvalue weighted by Crippen LogP contribution is 2.24. The highest BCUT2D eigenvalue weighted by molar-refractivity contribution is 6.09. The fraction of sp³-hybridized carbons (Fsp3) is 0.200. The van der Waals surface area contributed by atoms with Gasteiger partial charge in [0, 0.05) is 24.1 Å². The van der Waals surface area contributed by atoms with Crippen molar-refractivity contribution in [1.82, 2.24) is 10.6 Å². The Balaban J connectivity index is 1.83. The first-order valence-electron chi connectivity index (χ1n) is 10.6. The summed E-state index contributed by atoms with van der Waals surface area (Å²) in [4.78, 5) is 37.1. The molecule has 176 valence electrons. The van der Waals surface area contributed by atoms with E-state index >= 15 is 0 Å². The lowest BCUT2D eigenvalue weighted by Gasteiger charge is -2.27. The maximum absolute atomic E-state index is 12.9. The summed E-state index contributed by atoms with van der Waals surface area (Å²) < 4.78 is 0. The van der Waals surface area contributed by atoms with Crippen LogP contribution in [0, 0.1) is 5.41 Å². The van der Waals surface area contributed by atoms with Crippen LogP contribution in [-0.2, 0) is 22.6 Å². The van der Waals surface area contributed by atoms with Crippen LogP contribution < -0.4 is 22.1 Å². The number of nitrogens with two attached hydrogens (primary N) is 2. The molecule has 8 N–H and O–H groups in total. The summed E-state index contributed by atoms with van der Waals surface area (Å²) in [7, 11) is 1.42. The van der Waals surface area contributed by atoms with Gasteiger partial charge in [-0.25, -0.2) is 4.79 Å². The summed E-state index contributed by atoms with van der Waals surface area (Å²) in [5.74, 6) is -2.20. The number of nitrogens with one attached hydrogen (secondary N) is 3. The maximum atomic E-state index is 12.9. The highest BCUT2D eigenvalue weighted by Gasteiger charge is 2.43. The lowest BCUT2D eigenvalue weighted by Crippen LogP contribution is -2.60. The van der Waals surface area contributed by atoms with Gasteiger partial charge in [0.15, 0.2) is 11.3 Å². The molecule has 0 bridgehead atoms. The number of amides is 1. The number of carboxylic acid groups (broad SMARTS) is 1. The number of benzene rings is 3. The molecule has 0 heterocycles. The van der Waals surface area contributed by atoms with Crippen molar-refractivity contribution < 1.29 is 19.5 Å². The van der Waals surface area contributed by atoms with Crippen molar-refractivity contribution in [3.8, 4) is 0 Å². The van der Waals surface area contributed by atoms with Crippen LogP contribution in [0.1, 0.15) is 27.0 Å². The van der Waals surface area contributed by atoms with Gasteiger partial charge in [0.2, 0.25) is 0 Å². The smallest absolute Gasteiger partial charge is 0.332 e. The summed E-state index contributed by atoms with van der Waals surface area (Å²) in [5.41, 5.74) is 11.7. The van der Waals surface area contributed by atoms with Crippen molar-refractivity contribution in [3.63, 3.8) is 0 Å². The fourth-order valence-corrected chi connectivity index (χ4v) is 3.83. The zero-order chi connectivity index (χ0) is 24.9. The SMILES string of the molecule is CNC(Cc1ccc2c(C(=O)NCc3ccc(C(=N)N)cc3)cccc2c1)(C(=O)O)C(=O)CN. The van der Waals surface area contributed by atoms with Gasteiger partial charge in [-0.2, -0.15) is 0 Å². The minimum atomic E-state index is -1.82. The summed E-state index contributed by atoms with van der Waals surface area (Å²) in [6.07, 6.45) is -0.0858. The third-order valence-electron chi connectivity index (χ3n) is 5.83. The number of rotatable bonds is 10. The van der Waals surface area contributed by atoms with Crippen molar-refractivity contribution in [3.05, 3.63) is 82.9 Å². The van der Waals surface area contributed by atoms with Gasteiger partial charge in [-0.15, -0.1) is 0 Å². The van der Waals surface area contributed by atoms with Gasteiger partial charge in [0.1, 0.15) is 5.84 Å². The number of carbonyl (C=O) groups excluding carboxylic acids is 2. The summed E-state index contributed by atoms with van der Waals surface area (Å²) in [5, 5.41) is 24.1. The maximum Gasteiger partial charge on any atom is 0.332 e. The van der Waals surface area contributed by atoms with Crippen molar-refractivity contribution in [2.75, 3.05) is 13.6 Å². The number of ketones is 1. The van der Waals surface area contributed by atoms with Crippen LogP contribution in [0.15, 0.2) is 60.7 Å². The van der Waals surface area contributed by atoms with Crippen molar-refractivity contribution in [2.24, 2.45) is 11.5 Å². The average molecular weight is 462 g/mol. The van der Waals surface area contributed by atoms with Crippen LogP contribution in [0.25, 0.3) is 10.8 Å². The third kappa shape index (κ3) is 4.95. The molecule has 0 aliphatic rings. The van der Waals surface area contributed by atoms with Gasteiger partial charge in [-0.05, 0) is 35.0 Å². The number of hydrogen-bond donors (Lipinski definition) is 6. The Hall–Kier alpha value is -4.08. The zero-order valence-electron chi connectivity index (χ0n) is 18.7. The Morgan fingerprint density at radius 2 is 1.71 bits per heavy atom.